The first kappa shape index (κ1) is 16.0. The first-order valence-electron chi connectivity index (χ1n) is 6.75. The summed E-state index contributed by atoms with van der Waals surface area (Å²) in [6.07, 6.45) is -4.67. The van der Waals surface area contributed by atoms with Gasteiger partial charge < -0.3 is 9.64 Å². The number of anilines is 1. The summed E-state index contributed by atoms with van der Waals surface area (Å²) in [5, 5.41) is 0. The van der Waals surface area contributed by atoms with Gasteiger partial charge in [-0.3, -0.25) is 4.90 Å². The van der Waals surface area contributed by atoms with Crippen LogP contribution < -0.4 is 4.90 Å². The average Bonchev–Trinajstić information content (AvgIpc) is 2.45. The van der Waals surface area contributed by atoms with Crippen LogP contribution in [0.15, 0.2) is 18.2 Å². The third-order valence-corrected chi connectivity index (χ3v) is 3.61. The van der Waals surface area contributed by atoms with Crippen molar-refractivity contribution in [3.05, 3.63) is 29.6 Å². The number of halogens is 4. The van der Waals surface area contributed by atoms with E-state index in [1.54, 1.807) is 12.0 Å². The number of rotatable bonds is 4. The van der Waals surface area contributed by atoms with Crippen molar-refractivity contribution in [2.24, 2.45) is 0 Å². The minimum Gasteiger partial charge on any atom is -0.383 e. The summed E-state index contributed by atoms with van der Waals surface area (Å²) in [4.78, 5) is 3.80. The second-order valence-corrected chi connectivity index (χ2v) is 4.96. The van der Waals surface area contributed by atoms with E-state index in [-0.39, 0.29) is 5.69 Å². The Kier molecular flexibility index (Phi) is 5.05. The van der Waals surface area contributed by atoms with E-state index in [1.807, 2.05) is 0 Å². The number of benzene rings is 1. The van der Waals surface area contributed by atoms with E-state index in [2.05, 4.69) is 4.90 Å². The molecule has 0 aromatic heterocycles. The Morgan fingerprint density at radius 2 is 1.81 bits per heavy atom. The Bertz CT molecular complexity index is 471. The highest BCUT2D eigenvalue weighted by Gasteiger charge is 2.35. The Balaban J connectivity index is 2.07. The molecule has 0 aliphatic carbocycles. The van der Waals surface area contributed by atoms with Crippen LogP contribution in [0.2, 0.25) is 0 Å². The van der Waals surface area contributed by atoms with Crippen molar-refractivity contribution in [1.29, 1.82) is 0 Å². The van der Waals surface area contributed by atoms with Gasteiger partial charge in [0, 0.05) is 39.8 Å². The first-order valence-corrected chi connectivity index (χ1v) is 6.75. The SMILES string of the molecule is COCCN1CCN(c2cccc(C(F)(F)F)c2F)CC1. The van der Waals surface area contributed by atoms with Crippen LogP contribution in [0.4, 0.5) is 23.2 Å². The maximum atomic E-state index is 14.1. The number of nitrogens with zero attached hydrogens (tertiary/aromatic N) is 2. The van der Waals surface area contributed by atoms with Gasteiger partial charge in [0.05, 0.1) is 17.9 Å². The van der Waals surface area contributed by atoms with Crippen LogP contribution in [0.25, 0.3) is 0 Å². The van der Waals surface area contributed by atoms with Gasteiger partial charge in [0.25, 0.3) is 0 Å². The molecule has 1 heterocycles. The molecule has 0 spiro atoms. The maximum Gasteiger partial charge on any atom is 0.419 e. The predicted octanol–water partition coefficient (Wildman–Crippen LogP) is 2.61. The predicted molar refractivity (Wildman–Crippen MR) is 71.9 cm³/mol. The molecule has 1 aliphatic rings. The molecule has 1 saturated heterocycles. The zero-order valence-electron chi connectivity index (χ0n) is 11.8. The summed E-state index contributed by atoms with van der Waals surface area (Å²) < 4.78 is 57.2. The van der Waals surface area contributed by atoms with Gasteiger partial charge in [0.15, 0.2) is 5.82 Å². The molecule has 0 unspecified atom stereocenters. The molecule has 2 rings (SSSR count). The third kappa shape index (κ3) is 3.85. The number of alkyl halides is 3. The van der Waals surface area contributed by atoms with Crippen LogP contribution in [-0.2, 0) is 10.9 Å². The van der Waals surface area contributed by atoms with Crippen molar-refractivity contribution in [3.8, 4) is 0 Å². The highest BCUT2D eigenvalue weighted by Crippen LogP contribution is 2.35. The lowest BCUT2D eigenvalue weighted by molar-refractivity contribution is -0.139. The minimum absolute atomic E-state index is 0.0243. The molecule has 1 aliphatic heterocycles. The van der Waals surface area contributed by atoms with Gasteiger partial charge in [-0.05, 0) is 12.1 Å². The van der Waals surface area contributed by atoms with E-state index in [9.17, 15) is 17.6 Å². The van der Waals surface area contributed by atoms with Crippen LogP contribution in [0.1, 0.15) is 5.56 Å². The quantitative estimate of drug-likeness (QED) is 0.795. The molecular weight excluding hydrogens is 288 g/mol. The minimum atomic E-state index is -4.67. The Labute approximate surface area is 121 Å². The summed E-state index contributed by atoms with van der Waals surface area (Å²) in [6, 6.07) is 3.42. The fourth-order valence-corrected chi connectivity index (χ4v) is 2.42. The lowest BCUT2D eigenvalue weighted by atomic mass is 10.1. The molecule has 21 heavy (non-hydrogen) atoms. The van der Waals surface area contributed by atoms with Gasteiger partial charge in [0.2, 0.25) is 0 Å². The van der Waals surface area contributed by atoms with Crippen LogP contribution in [0.3, 0.4) is 0 Å². The molecule has 1 fully saturated rings. The standard InChI is InChI=1S/C14H18F4N2O/c1-21-10-9-19-5-7-20(8-6-19)12-4-2-3-11(13(12)15)14(16,17)18/h2-4H,5-10H2,1H3. The number of piperazine rings is 1. The van der Waals surface area contributed by atoms with Crippen LogP contribution in [0, 0.1) is 5.82 Å². The summed E-state index contributed by atoms with van der Waals surface area (Å²) in [6.45, 7) is 3.75. The fraction of sp³-hybridized carbons (Fsp3) is 0.571. The maximum absolute atomic E-state index is 14.1. The van der Waals surface area contributed by atoms with E-state index in [1.165, 1.54) is 12.1 Å². The number of hydrogen-bond acceptors (Lipinski definition) is 3. The zero-order chi connectivity index (χ0) is 15.5. The van der Waals surface area contributed by atoms with E-state index in [0.29, 0.717) is 32.8 Å². The number of ether oxygens (including phenoxy) is 1. The molecule has 118 valence electrons. The molecule has 0 atom stereocenters. The van der Waals surface area contributed by atoms with E-state index in [4.69, 9.17) is 4.74 Å². The second kappa shape index (κ2) is 6.62. The Morgan fingerprint density at radius 3 is 2.38 bits per heavy atom. The van der Waals surface area contributed by atoms with Crippen LogP contribution in [-0.4, -0.2) is 51.3 Å². The molecule has 1 aromatic carbocycles. The Morgan fingerprint density at radius 1 is 1.14 bits per heavy atom. The highest BCUT2D eigenvalue weighted by molar-refractivity contribution is 5.51. The molecule has 0 radical (unpaired) electrons. The monoisotopic (exact) mass is 306 g/mol. The molecule has 3 nitrogen and oxygen atoms in total. The van der Waals surface area contributed by atoms with Crippen LogP contribution >= 0.6 is 0 Å². The van der Waals surface area contributed by atoms with E-state index >= 15 is 0 Å². The largest absolute Gasteiger partial charge is 0.419 e. The molecule has 0 N–H and O–H groups in total. The van der Waals surface area contributed by atoms with Crippen molar-refractivity contribution in [2.45, 2.75) is 6.18 Å². The molecule has 0 saturated carbocycles. The first-order chi connectivity index (χ1) is 9.93. The van der Waals surface area contributed by atoms with Gasteiger partial charge in [0.1, 0.15) is 0 Å². The smallest absolute Gasteiger partial charge is 0.383 e. The normalized spacial score (nSPS) is 17.3. The van der Waals surface area contributed by atoms with Crippen molar-refractivity contribution >= 4 is 5.69 Å². The molecule has 1 aromatic rings. The summed E-state index contributed by atoms with van der Waals surface area (Å²) in [5.41, 5.74) is -1.18. The van der Waals surface area contributed by atoms with E-state index < -0.39 is 17.6 Å². The number of hydrogen-bond donors (Lipinski definition) is 0. The zero-order valence-corrected chi connectivity index (χ0v) is 11.8. The van der Waals surface area contributed by atoms with E-state index in [0.717, 1.165) is 12.6 Å². The van der Waals surface area contributed by atoms with Crippen molar-refractivity contribution < 1.29 is 22.3 Å². The highest BCUT2D eigenvalue weighted by atomic mass is 19.4. The molecule has 0 bridgehead atoms. The van der Waals surface area contributed by atoms with Gasteiger partial charge in [-0.15, -0.1) is 0 Å². The van der Waals surface area contributed by atoms with Gasteiger partial charge in [-0.2, -0.15) is 13.2 Å². The average molecular weight is 306 g/mol. The van der Waals surface area contributed by atoms with Crippen molar-refractivity contribution in [1.82, 2.24) is 4.90 Å². The van der Waals surface area contributed by atoms with Crippen molar-refractivity contribution in [2.75, 3.05) is 51.3 Å². The van der Waals surface area contributed by atoms with Gasteiger partial charge in [-0.25, -0.2) is 4.39 Å². The third-order valence-electron chi connectivity index (χ3n) is 3.61. The summed E-state index contributed by atoms with van der Waals surface area (Å²) in [7, 11) is 1.62. The Hall–Kier alpha value is -1.34. The lowest BCUT2D eigenvalue weighted by Gasteiger charge is -2.36. The van der Waals surface area contributed by atoms with Crippen LogP contribution in [0.5, 0.6) is 0 Å². The van der Waals surface area contributed by atoms with Gasteiger partial charge in [-0.1, -0.05) is 6.07 Å². The topological polar surface area (TPSA) is 15.7 Å². The molecule has 7 heteroatoms. The lowest BCUT2D eigenvalue weighted by Crippen LogP contribution is -2.47. The molecule has 0 amide bonds. The summed E-state index contributed by atoms with van der Waals surface area (Å²) in [5.74, 6) is -1.18. The van der Waals surface area contributed by atoms with Crippen molar-refractivity contribution in [3.63, 3.8) is 0 Å². The summed E-state index contributed by atoms with van der Waals surface area (Å²) >= 11 is 0. The fourth-order valence-electron chi connectivity index (χ4n) is 2.42. The second-order valence-electron chi connectivity index (χ2n) is 4.96. The van der Waals surface area contributed by atoms with Gasteiger partial charge >= 0.3 is 6.18 Å². The number of methoxy groups -OCH3 is 1. The molecular formula is C14H18F4N2O.